The molecule has 66 valence electrons. The lowest BCUT2D eigenvalue weighted by Crippen LogP contribution is -2.31. The molecule has 0 N–H and O–H groups in total. The van der Waals surface area contributed by atoms with Crippen LogP contribution < -0.4 is 0 Å². The average Bonchev–Trinajstić information content (AvgIpc) is 2.02. The molecule has 4 heteroatoms. The second kappa shape index (κ2) is 6.60. The topological polar surface area (TPSA) is 54.1 Å². The fourth-order valence-corrected chi connectivity index (χ4v) is 0.741. The zero-order valence-corrected chi connectivity index (χ0v) is 7.62. The Balaban J connectivity index is 3.42. The first-order valence-electron chi connectivity index (χ1n) is 3.81. The van der Waals surface area contributed by atoms with Crippen molar-refractivity contribution in [2.45, 2.75) is 0 Å². The van der Waals surface area contributed by atoms with Crippen LogP contribution in [0.4, 0.5) is 0 Å². The van der Waals surface area contributed by atoms with E-state index in [0.29, 0.717) is 13.1 Å². The lowest BCUT2D eigenvalue weighted by molar-refractivity contribution is 0.290. The molecule has 0 aromatic carbocycles. The molecule has 0 saturated carbocycles. The van der Waals surface area contributed by atoms with Gasteiger partial charge in [-0.1, -0.05) is 0 Å². The first-order valence-corrected chi connectivity index (χ1v) is 3.81. The van der Waals surface area contributed by atoms with Gasteiger partial charge in [-0.15, -0.1) is 0 Å². The van der Waals surface area contributed by atoms with E-state index in [1.54, 1.807) is 0 Å². The number of nitriles is 2. The molecule has 0 unspecified atom stereocenters. The Morgan fingerprint density at radius 1 is 0.917 bits per heavy atom. The van der Waals surface area contributed by atoms with E-state index in [1.807, 2.05) is 23.9 Å². The van der Waals surface area contributed by atoms with Crippen LogP contribution in [-0.4, -0.2) is 50.1 Å². The molecule has 4 nitrogen and oxygen atoms in total. The maximum atomic E-state index is 8.35. The van der Waals surface area contributed by atoms with E-state index in [4.69, 9.17) is 10.5 Å². The molecular formula is C8H14N4. The standard InChI is InChI=1S/C8H14N4/c1-11(5-3-9)7-8-12(2)6-4-10/h5-8H2,1-2H3. The van der Waals surface area contributed by atoms with Crippen molar-refractivity contribution in [2.75, 3.05) is 40.3 Å². The van der Waals surface area contributed by atoms with Crippen molar-refractivity contribution in [1.29, 1.82) is 10.5 Å². The van der Waals surface area contributed by atoms with Crippen molar-refractivity contribution >= 4 is 0 Å². The van der Waals surface area contributed by atoms with E-state index in [0.717, 1.165) is 13.1 Å². The molecule has 0 saturated heterocycles. The van der Waals surface area contributed by atoms with Crippen LogP contribution in [0.3, 0.4) is 0 Å². The van der Waals surface area contributed by atoms with Gasteiger partial charge in [0.2, 0.25) is 0 Å². The summed E-state index contributed by atoms with van der Waals surface area (Å²) in [6.07, 6.45) is 0. The predicted molar refractivity (Wildman–Crippen MR) is 46.2 cm³/mol. The highest BCUT2D eigenvalue weighted by Gasteiger charge is 1.99. The van der Waals surface area contributed by atoms with Crippen LogP contribution in [0.2, 0.25) is 0 Å². The van der Waals surface area contributed by atoms with Crippen molar-refractivity contribution in [3.63, 3.8) is 0 Å². The summed E-state index contributed by atoms with van der Waals surface area (Å²) < 4.78 is 0. The molecule has 0 fully saturated rings. The number of rotatable bonds is 5. The minimum absolute atomic E-state index is 0.445. The molecular weight excluding hydrogens is 152 g/mol. The molecule has 0 rings (SSSR count). The zero-order chi connectivity index (χ0) is 9.40. The Kier molecular flexibility index (Phi) is 6.00. The Bertz CT molecular complexity index is 166. The second-order valence-electron chi connectivity index (χ2n) is 2.79. The molecule has 0 radical (unpaired) electrons. The van der Waals surface area contributed by atoms with Gasteiger partial charge in [0, 0.05) is 13.1 Å². The van der Waals surface area contributed by atoms with Gasteiger partial charge in [-0.2, -0.15) is 10.5 Å². The quantitative estimate of drug-likeness (QED) is 0.535. The van der Waals surface area contributed by atoms with E-state index in [9.17, 15) is 0 Å². The minimum Gasteiger partial charge on any atom is -0.292 e. The molecule has 0 aromatic rings. The second-order valence-corrected chi connectivity index (χ2v) is 2.79. The van der Waals surface area contributed by atoms with Crippen LogP contribution in [-0.2, 0) is 0 Å². The Morgan fingerprint density at radius 2 is 1.25 bits per heavy atom. The lowest BCUT2D eigenvalue weighted by Gasteiger charge is -2.17. The number of likely N-dealkylation sites (N-methyl/N-ethyl adjacent to an activating group) is 2. The van der Waals surface area contributed by atoms with Crippen molar-refractivity contribution in [3.05, 3.63) is 0 Å². The molecule has 0 bridgehead atoms. The maximum Gasteiger partial charge on any atom is 0.0863 e. The first kappa shape index (κ1) is 10.9. The normalized spacial score (nSPS) is 9.83. The van der Waals surface area contributed by atoms with Crippen LogP contribution in [0.1, 0.15) is 0 Å². The van der Waals surface area contributed by atoms with Gasteiger partial charge in [0.05, 0.1) is 25.2 Å². The average molecular weight is 166 g/mol. The fraction of sp³-hybridized carbons (Fsp3) is 0.750. The van der Waals surface area contributed by atoms with Crippen LogP contribution >= 0.6 is 0 Å². The van der Waals surface area contributed by atoms with Gasteiger partial charge in [0.15, 0.2) is 0 Å². The Morgan fingerprint density at radius 3 is 1.50 bits per heavy atom. The van der Waals surface area contributed by atoms with Crippen LogP contribution in [0.25, 0.3) is 0 Å². The third kappa shape index (κ3) is 5.67. The first-order chi connectivity index (χ1) is 5.70. The SMILES string of the molecule is CN(CC#N)CCN(C)CC#N. The third-order valence-electron chi connectivity index (χ3n) is 1.54. The molecule has 0 amide bonds. The van der Waals surface area contributed by atoms with Gasteiger partial charge in [0.1, 0.15) is 0 Å². The van der Waals surface area contributed by atoms with Crippen molar-refractivity contribution in [1.82, 2.24) is 9.80 Å². The summed E-state index contributed by atoms with van der Waals surface area (Å²) >= 11 is 0. The van der Waals surface area contributed by atoms with Crippen LogP contribution in [0, 0.1) is 22.7 Å². The minimum atomic E-state index is 0.445. The van der Waals surface area contributed by atoms with E-state index in [-0.39, 0.29) is 0 Å². The molecule has 0 heterocycles. The van der Waals surface area contributed by atoms with Crippen molar-refractivity contribution in [2.24, 2.45) is 0 Å². The van der Waals surface area contributed by atoms with E-state index >= 15 is 0 Å². The van der Waals surface area contributed by atoms with Gasteiger partial charge in [-0.25, -0.2) is 0 Å². The van der Waals surface area contributed by atoms with Crippen LogP contribution in [0.5, 0.6) is 0 Å². The van der Waals surface area contributed by atoms with Gasteiger partial charge in [0.25, 0.3) is 0 Å². The third-order valence-corrected chi connectivity index (χ3v) is 1.54. The van der Waals surface area contributed by atoms with Gasteiger partial charge >= 0.3 is 0 Å². The largest absolute Gasteiger partial charge is 0.292 e. The molecule has 0 aliphatic rings. The molecule has 0 aliphatic carbocycles. The maximum absolute atomic E-state index is 8.35. The predicted octanol–water partition coefficient (Wildman–Crippen LogP) is -0.103. The number of hydrogen-bond acceptors (Lipinski definition) is 4. The highest BCUT2D eigenvalue weighted by molar-refractivity contribution is 4.77. The number of nitrogens with zero attached hydrogens (tertiary/aromatic N) is 4. The van der Waals surface area contributed by atoms with Crippen molar-refractivity contribution in [3.8, 4) is 12.1 Å². The fourth-order valence-electron chi connectivity index (χ4n) is 0.741. The molecule has 0 spiro atoms. The monoisotopic (exact) mass is 166 g/mol. The summed E-state index contributed by atoms with van der Waals surface area (Å²) in [4.78, 5) is 3.85. The van der Waals surface area contributed by atoms with Gasteiger partial charge in [-0.3, -0.25) is 9.80 Å². The van der Waals surface area contributed by atoms with Gasteiger partial charge < -0.3 is 0 Å². The highest BCUT2D eigenvalue weighted by atomic mass is 15.2. The summed E-state index contributed by atoms with van der Waals surface area (Å²) in [5, 5.41) is 16.7. The summed E-state index contributed by atoms with van der Waals surface area (Å²) in [5.41, 5.74) is 0. The Hall–Kier alpha value is -1.10. The number of hydrogen-bond donors (Lipinski definition) is 0. The molecule has 0 aromatic heterocycles. The lowest BCUT2D eigenvalue weighted by atomic mass is 10.5. The summed E-state index contributed by atoms with van der Waals surface area (Å²) in [6, 6.07) is 4.13. The van der Waals surface area contributed by atoms with Crippen molar-refractivity contribution < 1.29 is 0 Å². The molecule has 12 heavy (non-hydrogen) atoms. The van der Waals surface area contributed by atoms with E-state index < -0.39 is 0 Å². The summed E-state index contributed by atoms with van der Waals surface area (Å²) in [7, 11) is 3.78. The molecule has 0 aliphatic heterocycles. The zero-order valence-electron chi connectivity index (χ0n) is 7.62. The summed E-state index contributed by atoms with van der Waals surface area (Å²) in [6.45, 7) is 2.54. The van der Waals surface area contributed by atoms with Gasteiger partial charge in [-0.05, 0) is 14.1 Å². The highest BCUT2D eigenvalue weighted by Crippen LogP contribution is 1.84. The van der Waals surface area contributed by atoms with E-state index in [2.05, 4.69) is 12.1 Å². The van der Waals surface area contributed by atoms with E-state index in [1.165, 1.54) is 0 Å². The molecule has 0 atom stereocenters. The van der Waals surface area contributed by atoms with Crippen LogP contribution in [0.15, 0.2) is 0 Å². The summed E-state index contributed by atoms with van der Waals surface area (Å²) in [5.74, 6) is 0. The smallest absolute Gasteiger partial charge is 0.0863 e. The Labute approximate surface area is 73.6 Å².